The minimum atomic E-state index is -0.430. The molecule has 1 saturated carbocycles. The van der Waals surface area contributed by atoms with Crippen molar-refractivity contribution < 1.29 is 9.59 Å². The molecule has 56 valence electrons. The van der Waals surface area contributed by atoms with Gasteiger partial charge < -0.3 is 0 Å². The van der Waals surface area contributed by atoms with E-state index in [0.29, 0.717) is 6.42 Å². The Balaban J connectivity index is 2.92. The molecule has 0 heterocycles. The highest BCUT2D eigenvalue weighted by atomic mass is 127. The Bertz CT molecular complexity index is 198. The third-order valence-electron chi connectivity index (χ3n) is 1.54. The van der Waals surface area contributed by atoms with Crippen LogP contribution in [0.4, 0.5) is 0 Å². The molecule has 2 atom stereocenters. The number of hydrogen-bond acceptors (Lipinski definition) is 2. The Morgan fingerprint density at radius 3 is 2.20 bits per heavy atom. The van der Waals surface area contributed by atoms with Crippen molar-refractivity contribution in [1.82, 2.24) is 0 Å². The summed E-state index contributed by atoms with van der Waals surface area (Å²) in [6, 6.07) is 0. The maximum Gasteiger partial charge on any atom is 0.215 e. The van der Waals surface area contributed by atoms with Gasteiger partial charge in [0.05, 0.1) is 7.35 Å². The Morgan fingerprint density at radius 2 is 2.10 bits per heavy atom. The van der Waals surface area contributed by atoms with Crippen LogP contribution in [0.2, 0.25) is 0 Å². The van der Waals surface area contributed by atoms with E-state index in [-0.39, 0.29) is 15.5 Å². The van der Waals surface area contributed by atoms with Crippen LogP contribution in [0.15, 0.2) is 0 Å². The van der Waals surface area contributed by atoms with Crippen LogP contribution in [-0.2, 0) is 9.59 Å². The van der Waals surface area contributed by atoms with Crippen molar-refractivity contribution in [3.63, 3.8) is 0 Å². The lowest BCUT2D eigenvalue weighted by atomic mass is 10.1. The Labute approximate surface area is 86.4 Å². The Morgan fingerprint density at radius 1 is 1.60 bits per heavy atom. The molecule has 4 heteroatoms. The summed E-state index contributed by atoms with van der Waals surface area (Å²) in [6.07, 6.45) is 0.686. The van der Waals surface area contributed by atoms with Crippen LogP contribution in [0.5, 0.6) is 0 Å². The first kappa shape index (κ1) is 8.89. The van der Waals surface area contributed by atoms with E-state index in [1.54, 1.807) is 0 Å². The number of ketones is 2. The maximum atomic E-state index is 11.1. The number of Topliss-reactive ketones (excluding diaryl/α,β-unsaturated/α-hetero) is 2. The molecule has 0 N–H and O–H groups in total. The summed E-state index contributed by atoms with van der Waals surface area (Å²) < 4.78 is -0.521. The van der Waals surface area contributed by atoms with E-state index in [1.807, 2.05) is 52.1 Å². The third-order valence-corrected chi connectivity index (χ3v) is 3.48. The van der Waals surface area contributed by atoms with E-state index in [0.717, 1.165) is 0 Å². The zero-order chi connectivity index (χ0) is 7.94. The second kappa shape index (κ2) is 2.69. The zero-order valence-electron chi connectivity index (χ0n) is 5.36. The summed E-state index contributed by atoms with van der Waals surface area (Å²) >= 11 is 4.07. The van der Waals surface area contributed by atoms with Crippen LogP contribution in [0.25, 0.3) is 0 Å². The molecule has 2 nitrogen and oxygen atoms in total. The largest absolute Gasteiger partial charge is 0.290 e. The van der Waals surface area contributed by atoms with Gasteiger partial charge in [0.1, 0.15) is 0 Å². The van der Waals surface area contributed by atoms with Gasteiger partial charge in [-0.1, -0.05) is 45.2 Å². The zero-order valence-corrected chi connectivity index (χ0v) is 9.67. The fourth-order valence-corrected chi connectivity index (χ4v) is 3.63. The number of halogens is 2. The molecule has 2 unspecified atom stereocenters. The van der Waals surface area contributed by atoms with E-state index in [1.165, 1.54) is 0 Å². The second-order valence-corrected chi connectivity index (χ2v) is 6.45. The van der Waals surface area contributed by atoms with Gasteiger partial charge in [0.15, 0.2) is 0 Å². The summed E-state index contributed by atoms with van der Waals surface area (Å²) in [5, 5.41) is 0. The molecule has 1 fully saturated rings. The Hall–Kier alpha value is 0.800. The van der Waals surface area contributed by atoms with E-state index in [9.17, 15) is 9.59 Å². The normalized spacial score (nSPS) is 40.9. The first-order chi connectivity index (χ1) is 4.45. The lowest BCUT2D eigenvalue weighted by Crippen LogP contribution is -2.25. The minimum Gasteiger partial charge on any atom is -0.290 e. The van der Waals surface area contributed by atoms with Gasteiger partial charge in [-0.2, -0.15) is 0 Å². The predicted molar refractivity (Wildman–Crippen MR) is 54.9 cm³/mol. The molecule has 0 aliphatic heterocycles. The van der Waals surface area contributed by atoms with Gasteiger partial charge in [-0.25, -0.2) is 0 Å². The van der Waals surface area contributed by atoms with Gasteiger partial charge >= 0.3 is 0 Å². The molecule has 0 saturated heterocycles. The SMILES string of the molecule is CC1(I)CC(I)C(=O)C1=O. The van der Waals surface area contributed by atoms with Gasteiger partial charge in [0, 0.05) is 0 Å². The minimum absolute atomic E-state index is 0.0907. The number of rotatable bonds is 0. The van der Waals surface area contributed by atoms with Crippen molar-refractivity contribution in [2.75, 3.05) is 0 Å². The molecular weight excluding hydrogens is 358 g/mol. The smallest absolute Gasteiger partial charge is 0.215 e. The average molecular weight is 364 g/mol. The van der Waals surface area contributed by atoms with E-state index < -0.39 is 3.42 Å². The molecule has 0 aromatic carbocycles. The van der Waals surface area contributed by atoms with Gasteiger partial charge in [-0.15, -0.1) is 0 Å². The summed E-state index contributed by atoms with van der Waals surface area (Å²) in [4.78, 5) is 22.0. The summed E-state index contributed by atoms with van der Waals surface area (Å²) in [5.41, 5.74) is 0. The third kappa shape index (κ3) is 1.37. The average Bonchev–Trinajstić information content (AvgIpc) is 1.95. The predicted octanol–water partition coefficient (Wildman–Crippen LogP) is 1.53. The summed E-state index contributed by atoms with van der Waals surface area (Å²) in [6.45, 7) is 1.81. The van der Waals surface area contributed by atoms with Crippen molar-refractivity contribution in [2.24, 2.45) is 0 Å². The number of hydrogen-bond donors (Lipinski definition) is 0. The molecule has 1 aliphatic carbocycles. The molecule has 1 aliphatic rings. The topological polar surface area (TPSA) is 34.1 Å². The number of carbonyl (C=O) groups excluding carboxylic acids is 2. The summed E-state index contributed by atoms with van der Waals surface area (Å²) in [5.74, 6) is -0.426. The first-order valence-corrected chi connectivity index (χ1v) is 5.19. The van der Waals surface area contributed by atoms with Gasteiger partial charge in [-0.3, -0.25) is 9.59 Å². The highest BCUT2D eigenvalue weighted by Crippen LogP contribution is 2.35. The van der Waals surface area contributed by atoms with Crippen LogP contribution in [0.3, 0.4) is 0 Å². The number of alkyl halides is 2. The molecular formula is C6H6I2O2. The lowest BCUT2D eigenvalue weighted by Gasteiger charge is -2.08. The van der Waals surface area contributed by atoms with E-state index in [4.69, 9.17) is 0 Å². The van der Waals surface area contributed by atoms with Crippen LogP contribution in [-0.4, -0.2) is 18.9 Å². The lowest BCUT2D eigenvalue weighted by molar-refractivity contribution is -0.134. The van der Waals surface area contributed by atoms with Gasteiger partial charge in [0.2, 0.25) is 11.6 Å². The molecule has 1 rings (SSSR count). The summed E-state index contributed by atoms with van der Waals surface area (Å²) in [7, 11) is 0. The highest BCUT2D eigenvalue weighted by molar-refractivity contribution is 14.1. The molecule has 0 aromatic heterocycles. The van der Waals surface area contributed by atoms with Crippen molar-refractivity contribution in [3.05, 3.63) is 0 Å². The standard InChI is InChI=1S/C6H6I2O2/c1-6(8)2-3(7)4(9)5(6)10/h3H,2H2,1H3. The fraction of sp³-hybridized carbons (Fsp3) is 0.667. The maximum absolute atomic E-state index is 11.1. The van der Waals surface area contributed by atoms with E-state index >= 15 is 0 Å². The van der Waals surface area contributed by atoms with Crippen molar-refractivity contribution in [1.29, 1.82) is 0 Å². The van der Waals surface area contributed by atoms with Crippen LogP contribution in [0, 0.1) is 0 Å². The molecule has 0 spiro atoms. The second-order valence-electron chi connectivity index (χ2n) is 2.56. The van der Waals surface area contributed by atoms with E-state index in [2.05, 4.69) is 0 Å². The fourth-order valence-electron chi connectivity index (χ4n) is 0.921. The molecule has 0 aromatic rings. The Kier molecular flexibility index (Phi) is 2.39. The van der Waals surface area contributed by atoms with Crippen molar-refractivity contribution in [2.45, 2.75) is 20.7 Å². The monoisotopic (exact) mass is 364 g/mol. The molecule has 0 amide bonds. The molecule has 10 heavy (non-hydrogen) atoms. The number of carbonyl (C=O) groups is 2. The van der Waals surface area contributed by atoms with Gasteiger partial charge in [0.25, 0.3) is 0 Å². The van der Waals surface area contributed by atoms with Crippen LogP contribution in [0.1, 0.15) is 13.3 Å². The van der Waals surface area contributed by atoms with Crippen molar-refractivity contribution >= 4 is 56.7 Å². The first-order valence-electron chi connectivity index (χ1n) is 2.87. The van der Waals surface area contributed by atoms with Gasteiger partial charge in [-0.05, 0) is 13.3 Å². The van der Waals surface area contributed by atoms with Crippen molar-refractivity contribution in [3.8, 4) is 0 Å². The van der Waals surface area contributed by atoms with Crippen LogP contribution < -0.4 is 0 Å². The van der Waals surface area contributed by atoms with Crippen LogP contribution >= 0.6 is 45.2 Å². The quantitative estimate of drug-likeness (QED) is 0.371. The molecule has 0 bridgehead atoms. The highest BCUT2D eigenvalue weighted by Gasteiger charge is 2.46. The molecule has 0 radical (unpaired) electrons.